The van der Waals surface area contributed by atoms with Crippen molar-refractivity contribution in [1.82, 2.24) is 25.4 Å². The Morgan fingerprint density at radius 3 is 2.79 bits per heavy atom. The predicted octanol–water partition coefficient (Wildman–Crippen LogP) is 3.23. The van der Waals surface area contributed by atoms with Crippen molar-refractivity contribution in [1.29, 1.82) is 0 Å². The molecule has 0 unspecified atom stereocenters. The third-order valence-corrected chi connectivity index (χ3v) is 5.12. The van der Waals surface area contributed by atoms with E-state index in [4.69, 9.17) is 4.42 Å². The number of piperidine rings is 1. The molecule has 28 heavy (non-hydrogen) atoms. The third kappa shape index (κ3) is 4.48. The largest absolute Gasteiger partial charge is 0.455 e. The van der Waals surface area contributed by atoms with E-state index in [1.165, 1.54) is 12.8 Å². The standard InChI is InChI=1S/C21H25N5O2/c1-15-9-11-26(12-10-15)14-17-7-8-18(28-17)21(27)22-13-19-23-20(25-24-19)16-5-3-2-4-6-16/h2-8,15H,9-14H2,1H3,(H,22,27)(H,23,24,25). The number of rotatable bonds is 6. The average Bonchev–Trinajstić information content (AvgIpc) is 3.38. The van der Waals surface area contributed by atoms with Gasteiger partial charge in [0, 0.05) is 5.56 Å². The Morgan fingerprint density at radius 2 is 2.00 bits per heavy atom. The molecule has 3 heterocycles. The van der Waals surface area contributed by atoms with Gasteiger partial charge in [-0.05, 0) is 44.0 Å². The number of hydrogen-bond donors (Lipinski definition) is 2. The fourth-order valence-corrected chi connectivity index (χ4v) is 3.37. The van der Waals surface area contributed by atoms with Gasteiger partial charge in [-0.15, -0.1) is 0 Å². The van der Waals surface area contributed by atoms with Crippen LogP contribution in [-0.4, -0.2) is 39.1 Å². The second kappa shape index (κ2) is 8.39. The number of carbonyl (C=O) groups excluding carboxylic acids is 1. The molecule has 0 radical (unpaired) electrons. The summed E-state index contributed by atoms with van der Waals surface area (Å²) in [5.41, 5.74) is 0.930. The Morgan fingerprint density at radius 1 is 1.21 bits per heavy atom. The van der Waals surface area contributed by atoms with Gasteiger partial charge in [0.05, 0.1) is 13.1 Å². The molecule has 1 fully saturated rings. The van der Waals surface area contributed by atoms with Crippen LogP contribution in [0.1, 0.15) is 41.9 Å². The molecule has 0 bridgehead atoms. The number of nitrogens with one attached hydrogen (secondary N) is 2. The van der Waals surface area contributed by atoms with Gasteiger partial charge in [0.1, 0.15) is 11.6 Å². The van der Waals surface area contributed by atoms with E-state index in [9.17, 15) is 4.79 Å². The number of H-pyrrole nitrogens is 1. The van der Waals surface area contributed by atoms with Crippen molar-refractivity contribution in [2.24, 2.45) is 5.92 Å². The Kier molecular flexibility index (Phi) is 5.53. The number of hydrogen-bond acceptors (Lipinski definition) is 5. The highest BCUT2D eigenvalue weighted by atomic mass is 16.4. The highest BCUT2D eigenvalue weighted by Crippen LogP contribution is 2.19. The molecule has 1 amide bonds. The van der Waals surface area contributed by atoms with E-state index in [0.717, 1.165) is 36.9 Å². The number of benzene rings is 1. The van der Waals surface area contributed by atoms with E-state index >= 15 is 0 Å². The van der Waals surface area contributed by atoms with Crippen molar-refractivity contribution in [2.75, 3.05) is 13.1 Å². The molecule has 7 heteroatoms. The summed E-state index contributed by atoms with van der Waals surface area (Å²) in [6.07, 6.45) is 2.44. The van der Waals surface area contributed by atoms with Gasteiger partial charge < -0.3 is 9.73 Å². The fourth-order valence-electron chi connectivity index (χ4n) is 3.37. The van der Waals surface area contributed by atoms with Crippen LogP contribution in [0.5, 0.6) is 0 Å². The van der Waals surface area contributed by atoms with E-state index in [1.807, 2.05) is 36.4 Å². The summed E-state index contributed by atoms with van der Waals surface area (Å²) >= 11 is 0. The van der Waals surface area contributed by atoms with Crippen LogP contribution in [-0.2, 0) is 13.1 Å². The van der Waals surface area contributed by atoms with Crippen molar-refractivity contribution in [3.8, 4) is 11.4 Å². The average molecular weight is 379 g/mol. The summed E-state index contributed by atoms with van der Waals surface area (Å²) in [6, 6.07) is 13.3. The second-order valence-electron chi connectivity index (χ2n) is 7.38. The molecule has 1 aliphatic rings. The minimum absolute atomic E-state index is 0.254. The highest BCUT2D eigenvalue weighted by Gasteiger charge is 2.18. The lowest BCUT2D eigenvalue weighted by Crippen LogP contribution is -2.32. The van der Waals surface area contributed by atoms with E-state index in [0.29, 0.717) is 17.4 Å². The van der Waals surface area contributed by atoms with E-state index < -0.39 is 0 Å². The zero-order valence-corrected chi connectivity index (χ0v) is 16.0. The van der Waals surface area contributed by atoms with Gasteiger partial charge in [0.15, 0.2) is 11.6 Å². The van der Waals surface area contributed by atoms with Crippen molar-refractivity contribution in [3.05, 3.63) is 59.8 Å². The molecule has 7 nitrogen and oxygen atoms in total. The molecular formula is C21H25N5O2. The van der Waals surface area contributed by atoms with Crippen LogP contribution in [0, 0.1) is 5.92 Å². The molecule has 0 aliphatic carbocycles. The topological polar surface area (TPSA) is 87.0 Å². The lowest BCUT2D eigenvalue weighted by molar-refractivity contribution is 0.0916. The number of aromatic amines is 1. The van der Waals surface area contributed by atoms with Gasteiger partial charge in [-0.25, -0.2) is 4.98 Å². The molecule has 4 rings (SSSR count). The maximum absolute atomic E-state index is 12.4. The van der Waals surface area contributed by atoms with E-state index in [-0.39, 0.29) is 12.5 Å². The first kappa shape index (κ1) is 18.4. The zero-order valence-electron chi connectivity index (χ0n) is 16.0. The number of carbonyl (C=O) groups is 1. The summed E-state index contributed by atoms with van der Waals surface area (Å²) in [4.78, 5) is 19.2. The molecular weight excluding hydrogens is 354 g/mol. The number of aromatic nitrogens is 3. The molecule has 3 aromatic rings. The smallest absolute Gasteiger partial charge is 0.287 e. The molecule has 1 aliphatic heterocycles. The van der Waals surface area contributed by atoms with Gasteiger partial charge in [-0.3, -0.25) is 14.8 Å². The van der Waals surface area contributed by atoms with Crippen LogP contribution in [0.15, 0.2) is 46.9 Å². The lowest BCUT2D eigenvalue weighted by Gasteiger charge is -2.29. The molecule has 1 saturated heterocycles. The molecule has 0 atom stereocenters. The second-order valence-corrected chi connectivity index (χ2v) is 7.38. The van der Waals surface area contributed by atoms with Crippen LogP contribution in [0.25, 0.3) is 11.4 Å². The minimum atomic E-state index is -0.254. The molecule has 2 aromatic heterocycles. The first-order valence-corrected chi connectivity index (χ1v) is 9.73. The van der Waals surface area contributed by atoms with E-state index in [2.05, 4.69) is 32.3 Å². The number of nitrogens with zero attached hydrogens (tertiary/aromatic N) is 3. The number of likely N-dealkylation sites (tertiary alicyclic amines) is 1. The molecule has 1 aromatic carbocycles. The van der Waals surface area contributed by atoms with E-state index in [1.54, 1.807) is 6.07 Å². The summed E-state index contributed by atoms with van der Waals surface area (Å²) in [5.74, 6) is 2.90. The monoisotopic (exact) mass is 379 g/mol. The highest BCUT2D eigenvalue weighted by molar-refractivity contribution is 5.91. The van der Waals surface area contributed by atoms with Crippen molar-refractivity contribution < 1.29 is 9.21 Å². The third-order valence-electron chi connectivity index (χ3n) is 5.12. The Bertz CT molecular complexity index is 910. The quantitative estimate of drug-likeness (QED) is 0.687. The van der Waals surface area contributed by atoms with Crippen molar-refractivity contribution >= 4 is 5.91 Å². The molecule has 2 N–H and O–H groups in total. The maximum atomic E-state index is 12.4. The SMILES string of the molecule is CC1CCN(Cc2ccc(C(=O)NCc3nc(-c4ccccc4)n[nH]3)o2)CC1. The summed E-state index contributed by atoms with van der Waals surface area (Å²) in [6.45, 7) is 5.47. The Labute approximate surface area is 164 Å². The van der Waals surface area contributed by atoms with Gasteiger partial charge in [-0.2, -0.15) is 5.10 Å². The number of furan rings is 1. The normalized spacial score (nSPS) is 15.6. The van der Waals surface area contributed by atoms with Gasteiger partial charge in [0.2, 0.25) is 0 Å². The van der Waals surface area contributed by atoms with Gasteiger partial charge in [-0.1, -0.05) is 37.3 Å². The van der Waals surface area contributed by atoms with Gasteiger partial charge in [0.25, 0.3) is 5.91 Å². The summed E-state index contributed by atoms with van der Waals surface area (Å²) in [5, 5.41) is 9.88. The van der Waals surface area contributed by atoms with Crippen LogP contribution in [0.2, 0.25) is 0 Å². The fraction of sp³-hybridized carbons (Fsp3) is 0.381. The van der Waals surface area contributed by atoms with Crippen molar-refractivity contribution in [2.45, 2.75) is 32.9 Å². The Hall–Kier alpha value is -2.93. The van der Waals surface area contributed by atoms with Crippen LogP contribution in [0.4, 0.5) is 0 Å². The number of amides is 1. The maximum Gasteiger partial charge on any atom is 0.287 e. The molecule has 0 saturated carbocycles. The zero-order chi connectivity index (χ0) is 19.3. The van der Waals surface area contributed by atoms with Crippen LogP contribution in [0.3, 0.4) is 0 Å². The van der Waals surface area contributed by atoms with Gasteiger partial charge >= 0.3 is 0 Å². The summed E-state index contributed by atoms with van der Waals surface area (Å²) in [7, 11) is 0. The van der Waals surface area contributed by atoms with Crippen molar-refractivity contribution in [3.63, 3.8) is 0 Å². The Balaban J connectivity index is 1.30. The summed E-state index contributed by atoms with van der Waals surface area (Å²) < 4.78 is 5.74. The van der Waals surface area contributed by atoms with Crippen LogP contribution >= 0.6 is 0 Å². The molecule has 146 valence electrons. The lowest BCUT2D eigenvalue weighted by atomic mass is 9.99. The predicted molar refractivity (Wildman–Crippen MR) is 105 cm³/mol. The first-order chi connectivity index (χ1) is 13.7. The first-order valence-electron chi connectivity index (χ1n) is 9.73. The minimum Gasteiger partial charge on any atom is -0.455 e. The molecule has 0 spiro atoms. The van der Waals surface area contributed by atoms with Crippen LogP contribution < -0.4 is 5.32 Å².